The Balaban J connectivity index is 2.41. The molecular weight excluding hydrogens is 204 g/mol. The first-order chi connectivity index (χ1) is 7.50. The van der Waals surface area contributed by atoms with Crippen LogP contribution >= 0.6 is 0 Å². The van der Waals surface area contributed by atoms with Crippen LogP contribution in [0.25, 0.3) is 0 Å². The largest absolute Gasteiger partial charge is 0.481 e. The second-order valence-corrected chi connectivity index (χ2v) is 5.38. The van der Waals surface area contributed by atoms with Crippen molar-refractivity contribution in [3.63, 3.8) is 0 Å². The van der Waals surface area contributed by atoms with E-state index in [1.807, 2.05) is 0 Å². The molecule has 16 heavy (non-hydrogen) atoms. The van der Waals surface area contributed by atoms with Crippen molar-refractivity contribution in [2.75, 3.05) is 6.61 Å². The monoisotopic (exact) mass is 228 g/mol. The molecule has 0 heterocycles. The second-order valence-electron chi connectivity index (χ2n) is 5.38. The van der Waals surface area contributed by atoms with Crippen LogP contribution in [0, 0.1) is 17.8 Å². The van der Waals surface area contributed by atoms with Gasteiger partial charge in [-0.25, -0.2) is 0 Å². The lowest BCUT2D eigenvalue weighted by atomic mass is 9.75. The average molecular weight is 228 g/mol. The molecule has 1 rings (SSSR count). The molecule has 3 nitrogen and oxygen atoms in total. The number of ether oxygens (including phenoxy) is 1. The Labute approximate surface area is 98.2 Å². The van der Waals surface area contributed by atoms with E-state index in [0.717, 1.165) is 6.42 Å². The molecule has 3 unspecified atom stereocenters. The Morgan fingerprint density at radius 3 is 2.69 bits per heavy atom. The van der Waals surface area contributed by atoms with E-state index in [0.29, 0.717) is 24.4 Å². The second kappa shape index (κ2) is 6.24. The molecule has 0 radical (unpaired) electrons. The molecule has 0 aromatic carbocycles. The van der Waals surface area contributed by atoms with Crippen LogP contribution < -0.4 is 0 Å². The third kappa shape index (κ3) is 4.12. The molecule has 0 saturated heterocycles. The lowest BCUT2D eigenvalue weighted by molar-refractivity contribution is -0.139. The van der Waals surface area contributed by atoms with E-state index in [4.69, 9.17) is 9.84 Å². The zero-order valence-corrected chi connectivity index (χ0v) is 10.6. The summed E-state index contributed by atoms with van der Waals surface area (Å²) in [6.45, 7) is 7.07. The number of aliphatic carboxylic acids is 1. The molecule has 0 aliphatic heterocycles. The van der Waals surface area contributed by atoms with Crippen molar-refractivity contribution in [3.05, 3.63) is 0 Å². The molecule has 1 aliphatic carbocycles. The van der Waals surface area contributed by atoms with E-state index in [1.165, 1.54) is 12.8 Å². The van der Waals surface area contributed by atoms with Gasteiger partial charge in [0.15, 0.2) is 0 Å². The highest BCUT2D eigenvalue weighted by atomic mass is 16.5. The molecule has 0 spiro atoms. The summed E-state index contributed by atoms with van der Waals surface area (Å²) in [5.41, 5.74) is 0. The normalized spacial score (nSPS) is 30.6. The summed E-state index contributed by atoms with van der Waals surface area (Å²) in [5.74, 6) is 1.17. The van der Waals surface area contributed by atoms with E-state index < -0.39 is 5.97 Å². The summed E-state index contributed by atoms with van der Waals surface area (Å²) in [5, 5.41) is 8.59. The molecule has 1 N–H and O–H groups in total. The molecular formula is C13H24O3. The van der Waals surface area contributed by atoms with Crippen molar-refractivity contribution in [2.24, 2.45) is 17.8 Å². The molecule has 1 saturated carbocycles. The molecule has 0 aromatic rings. The van der Waals surface area contributed by atoms with Crippen molar-refractivity contribution < 1.29 is 14.6 Å². The van der Waals surface area contributed by atoms with Crippen LogP contribution in [0.4, 0.5) is 0 Å². The van der Waals surface area contributed by atoms with E-state index in [2.05, 4.69) is 20.8 Å². The highest BCUT2D eigenvalue weighted by molar-refractivity contribution is 5.66. The van der Waals surface area contributed by atoms with Gasteiger partial charge in [0.1, 0.15) is 0 Å². The predicted molar refractivity (Wildman–Crippen MR) is 63.3 cm³/mol. The third-order valence-corrected chi connectivity index (χ3v) is 3.61. The molecule has 1 aliphatic rings. The first-order valence-electron chi connectivity index (χ1n) is 6.34. The SMILES string of the molecule is CC1CCC(C(C)C)C(OCCC(=O)O)C1. The smallest absolute Gasteiger partial charge is 0.305 e. The standard InChI is InChI=1S/C13H24O3/c1-9(2)11-5-4-10(3)8-12(11)16-7-6-13(14)15/h9-12H,4-8H2,1-3H3,(H,14,15). The topological polar surface area (TPSA) is 46.5 Å². The number of carboxylic acids is 1. The minimum atomic E-state index is -0.773. The minimum Gasteiger partial charge on any atom is -0.481 e. The summed E-state index contributed by atoms with van der Waals surface area (Å²) in [6.07, 6.45) is 3.97. The van der Waals surface area contributed by atoms with Gasteiger partial charge in [0.2, 0.25) is 0 Å². The molecule has 1 fully saturated rings. The van der Waals surface area contributed by atoms with Crippen LogP contribution in [0.1, 0.15) is 46.5 Å². The number of rotatable bonds is 5. The minimum absolute atomic E-state index is 0.121. The van der Waals surface area contributed by atoms with Crippen molar-refractivity contribution in [2.45, 2.75) is 52.6 Å². The summed E-state index contributed by atoms with van der Waals surface area (Å²) in [6, 6.07) is 0. The number of carbonyl (C=O) groups is 1. The summed E-state index contributed by atoms with van der Waals surface area (Å²) in [7, 11) is 0. The number of hydrogen-bond donors (Lipinski definition) is 1. The molecule has 3 atom stereocenters. The Hall–Kier alpha value is -0.570. The van der Waals surface area contributed by atoms with Gasteiger partial charge in [-0.05, 0) is 30.6 Å². The highest BCUT2D eigenvalue weighted by Gasteiger charge is 2.31. The maximum Gasteiger partial charge on any atom is 0.305 e. The van der Waals surface area contributed by atoms with Crippen LogP contribution in [0.2, 0.25) is 0 Å². The maximum atomic E-state index is 10.4. The number of hydrogen-bond acceptors (Lipinski definition) is 2. The first kappa shape index (κ1) is 13.5. The van der Waals surface area contributed by atoms with Crippen molar-refractivity contribution in [3.8, 4) is 0 Å². The van der Waals surface area contributed by atoms with Crippen LogP contribution in [0.5, 0.6) is 0 Å². The van der Waals surface area contributed by atoms with Crippen LogP contribution in [-0.4, -0.2) is 23.8 Å². The zero-order chi connectivity index (χ0) is 12.1. The van der Waals surface area contributed by atoms with Gasteiger partial charge >= 0.3 is 5.97 Å². The summed E-state index contributed by atoms with van der Waals surface area (Å²) in [4.78, 5) is 10.4. The first-order valence-corrected chi connectivity index (χ1v) is 6.34. The van der Waals surface area contributed by atoms with E-state index in [9.17, 15) is 4.79 Å². The fourth-order valence-electron chi connectivity index (χ4n) is 2.60. The van der Waals surface area contributed by atoms with Gasteiger partial charge in [-0.3, -0.25) is 4.79 Å². The molecule has 94 valence electrons. The summed E-state index contributed by atoms with van der Waals surface area (Å²) >= 11 is 0. The third-order valence-electron chi connectivity index (χ3n) is 3.61. The molecule has 0 aromatic heterocycles. The molecule has 3 heteroatoms. The van der Waals surface area contributed by atoms with Crippen molar-refractivity contribution >= 4 is 5.97 Å². The van der Waals surface area contributed by atoms with Crippen molar-refractivity contribution in [1.82, 2.24) is 0 Å². The lowest BCUT2D eigenvalue weighted by Crippen LogP contribution is -2.34. The van der Waals surface area contributed by atoms with Gasteiger partial charge in [0.05, 0.1) is 19.1 Å². The van der Waals surface area contributed by atoms with Gasteiger partial charge in [0, 0.05) is 0 Å². The predicted octanol–water partition coefficient (Wildman–Crippen LogP) is 2.94. The van der Waals surface area contributed by atoms with E-state index in [1.54, 1.807) is 0 Å². The Morgan fingerprint density at radius 2 is 2.12 bits per heavy atom. The number of carboxylic acid groups (broad SMARTS) is 1. The van der Waals surface area contributed by atoms with Crippen LogP contribution in [0.3, 0.4) is 0 Å². The van der Waals surface area contributed by atoms with Gasteiger partial charge in [-0.2, -0.15) is 0 Å². The van der Waals surface area contributed by atoms with Gasteiger partial charge in [0.25, 0.3) is 0 Å². The molecule has 0 bridgehead atoms. The van der Waals surface area contributed by atoms with E-state index in [-0.39, 0.29) is 12.5 Å². The molecule has 0 amide bonds. The zero-order valence-electron chi connectivity index (χ0n) is 10.6. The van der Waals surface area contributed by atoms with Crippen LogP contribution in [-0.2, 0) is 9.53 Å². The van der Waals surface area contributed by atoms with E-state index >= 15 is 0 Å². The van der Waals surface area contributed by atoms with Gasteiger partial charge in [-0.1, -0.05) is 27.2 Å². The fourth-order valence-corrected chi connectivity index (χ4v) is 2.60. The van der Waals surface area contributed by atoms with Crippen LogP contribution in [0.15, 0.2) is 0 Å². The Kier molecular flexibility index (Phi) is 5.26. The Bertz CT molecular complexity index is 225. The van der Waals surface area contributed by atoms with Crippen molar-refractivity contribution in [1.29, 1.82) is 0 Å². The Morgan fingerprint density at radius 1 is 1.44 bits per heavy atom. The quantitative estimate of drug-likeness (QED) is 0.787. The fraction of sp³-hybridized carbons (Fsp3) is 0.923. The highest BCUT2D eigenvalue weighted by Crippen LogP contribution is 2.35. The summed E-state index contributed by atoms with van der Waals surface area (Å²) < 4.78 is 5.76. The lowest BCUT2D eigenvalue weighted by Gasteiger charge is -2.37. The van der Waals surface area contributed by atoms with Gasteiger partial charge in [-0.15, -0.1) is 0 Å². The van der Waals surface area contributed by atoms with Gasteiger partial charge < -0.3 is 9.84 Å². The average Bonchev–Trinajstić information content (AvgIpc) is 2.16. The maximum absolute atomic E-state index is 10.4.